The minimum atomic E-state index is -1.61. The average molecular weight is 222 g/mol. The number of hydrogen-bond acceptors (Lipinski definition) is 5. The Morgan fingerprint density at radius 3 is 2.56 bits per heavy atom. The summed E-state index contributed by atoms with van der Waals surface area (Å²) < 4.78 is 0. The van der Waals surface area contributed by atoms with E-state index in [0.29, 0.717) is 0 Å². The van der Waals surface area contributed by atoms with Crippen LogP contribution < -0.4 is 16.9 Å². The van der Waals surface area contributed by atoms with E-state index < -0.39 is 7.12 Å². The fourth-order valence-electron chi connectivity index (χ4n) is 0.995. The quantitative estimate of drug-likeness (QED) is 0.169. The van der Waals surface area contributed by atoms with Crippen molar-refractivity contribution in [3.63, 3.8) is 0 Å². The smallest absolute Gasteiger partial charge is 0.488 e. The van der Waals surface area contributed by atoms with E-state index in [2.05, 4.69) is 10.2 Å². The molecule has 1 aromatic rings. The number of guanidine groups is 1. The summed E-state index contributed by atoms with van der Waals surface area (Å²) in [5, 5.41) is 34.1. The zero-order valence-electron chi connectivity index (χ0n) is 8.28. The maximum Gasteiger partial charge on any atom is 0.488 e. The zero-order chi connectivity index (χ0) is 12.1. The maximum absolute atomic E-state index is 9.42. The zero-order valence-corrected chi connectivity index (χ0v) is 8.28. The summed E-state index contributed by atoms with van der Waals surface area (Å²) in [7, 11) is -1.61. The fraction of sp³-hybridized carbons (Fsp3) is 0. The Morgan fingerprint density at radius 1 is 1.31 bits per heavy atom. The molecule has 1 rings (SSSR count). The van der Waals surface area contributed by atoms with Gasteiger partial charge < -0.3 is 26.6 Å². The van der Waals surface area contributed by atoms with E-state index >= 15 is 0 Å². The van der Waals surface area contributed by atoms with E-state index in [1.54, 1.807) is 0 Å². The van der Waals surface area contributed by atoms with Crippen molar-refractivity contribution in [2.75, 3.05) is 0 Å². The molecule has 0 aliphatic heterocycles. The largest absolute Gasteiger partial charge is 0.507 e. The van der Waals surface area contributed by atoms with Crippen LogP contribution in [0, 0.1) is 0 Å². The van der Waals surface area contributed by atoms with Crippen molar-refractivity contribution < 1.29 is 15.2 Å². The SMILES string of the molecule is NC(N)=NN=Cc1cc(B(O)O)ccc1O. The van der Waals surface area contributed by atoms with Crippen LogP contribution in [0.1, 0.15) is 5.56 Å². The van der Waals surface area contributed by atoms with Crippen molar-refractivity contribution in [2.45, 2.75) is 0 Å². The van der Waals surface area contributed by atoms with Gasteiger partial charge in [0.2, 0.25) is 5.96 Å². The molecule has 0 saturated carbocycles. The number of hydrogen-bond donors (Lipinski definition) is 5. The number of nitrogens with zero attached hydrogens (tertiary/aromatic N) is 2. The molecule has 7 N–H and O–H groups in total. The van der Waals surface area contributed by atoms with Crippen LogP contribution in [0.25, 0.3) is 0 Å². The van der Waals surface area contributed by atoms with E-state index in [0.717, 1.165) is 0 Å². The number of phenols is 1. The third kappa shape index (κ3) is 3.26. The Bertz CT molecular complexity index is 429. The van der Waals surface area contributed by atoms with Gasteiger partial charge in [0, 0.05) is 5.56 Å². The lowest BCUT2D eigenvalue weighted by atomic mass is 9.79. The van der Waals surface area contributed by atoms with Crippen molar-refractivity contribution in [1.82, 2.24) is 0 Å². The highest BCUT2D eigenvalue weighted by Gasteiger charge is 2.12. The van der Waals surface area contributed by atoms with Crippen LogP contribution in [-0.4, -0.2) is 34.4 Å². The molecule has 16 heavy (non-hydrogen) atoms. The molecule has 0 fully saturated rings. The van der Waals surface area contributed by atoms with Gasteiger partial charge in [-0.15, -0.1) is 5.10 Å². The standard InChI is InChI=1S/C8H11BN4O3/c10-8(11)13-12-4-5-3-6(9(15)16)1-2-7(5)14/h1-4,14-16H,(H4,10,11,13). The van der Waals surface area contributed by atoms with E-state index in [1.807, 2.05) is 0 Å². The predicted octanol–water partition coefficient (Wildman–Crippen LogP) is -2.32. The molecular weight excluding hydrogens is 211 g/mol. The first kappa shape index (κ1) is 12.0. The normalized spacial score (nSPS) is 10.4. The van der Waals surface area contributed by atoms with Gasteiger partial charge in [0.15, 0.2) is 0 Å². The summed E-state index contributed by atoms with van der Waals surface area (Å²) in [6.07, 6.45) is 1.20. The summed E-state index contributed by atoms with van der Waals surface area (Å²) in [6, 6.07) is 4.04. The second-order valence-electron chi connectivity index (χ2n) is 2.96. The van der Waals surface area contributed by atoms with Gasteiger partial charge >= 0.3 is 7.12 Å². The molecule has 8 heteroatoms. The highest BCUT2D eigenvalue weighted by atomic mass is 16.4. The number of rotatable bonds is 3. The van der Waals surface area contributed by atoms with Crippen molar-refractivity contribution in [3.05, 3.63) is 23.8 Å². The van der Waals surface area contributed by atoms with Crippen LogP contribution in [0.5, 0.6) is 5.75 Å². The molecule has 0 radical (unpaired) electrons. The molecule has 0 unspecified atom stereocenters. The summed E-state index contributed by atoms with van der Waals surface area (Å²) >= 11 is 0. The number of nitrogens with two attached hydrogens (primary N) is 2. The molecule has 0 heterocycles. The predicted molar refractivity (Wildman–Crippen MR) is 61.3 cm³/mol. The summed E-state index contributed by atoms with van der Waals surface area (Å²) in [5.74, 6) is -0.284. The van der Waals surface area contributed by atoms with Gasteiger partial charge in [0.1, 0.15) is 5.75 Å². The van der Waals surface area contributed by atoms with E-state index in [-0.39, 0.29) is 22.7 Å². The van der Waals surface area contributed by atoms with Gasteiger partial charge in [-0.05, 0) is 17.6 Å². The fourth-order valence-corrected chi connectivity index (χ4v) is 0.995. The number of aromatic hydroxyl groups is 1. The average Bonchev–Trinajstić information content (AvgIpc) is 2.20. The molecule has 1 aromatic carbocycles. The molecule has 0 aliphatic rings. The molecule has 0 aromatic heterocycles. The highest BCUT2D eigenvalue weighted by molar-refractivity contribution is 6.58. The lowest BCUT2D eigenvalue weighted by Crippen LogP contribution is -2.29. The molecule has 0 atom stereocenters. The first-order valence-electron chi connectivity index (χ1n) is 4.31. The number of benzene rings is 1. The van der Waals surface area contributed by atoms with Gasteiger partial charge in [-0.3, -0.25) is 0 Å². The molecule has 7 nitrogen and oxygen atoms in total. The molecule has 0 amide bonds. The van der Waals surface area contributed by atoms with Crippen molar-refractivity contribution in [2.24, 2.45) is 21.7 Å². The Kier molecular flexibility index (Phi) is 3.86. The Labute approximate surface area is 91.9 Å². The monoisotopic (exact) mass is 222 g/mol. The van der Waals surface area contributed by atoms with E-state index in [1.165, 1.54) is 24.4 Å². The van der Waals surface area contributed by atoms with Crippen molar-refractivity contribution >= 4 is 24.8 Å². The Morgan fingerprint density at radius 2 is 2.00 bits per heavy atom. The molecule has 84 valence electrons. The lowest BCUT2D eigenvalue weighted by molar-refractivity contribution is 0.425. The minimum absolute atomic E-state index is 0.0704. The summed E-state index contributed by atoms with van der Waals surface area (Å²) in [4.78, 5) is 0. The molecule has 0 bridgehead atoms. The van der Waals surface area contributed by atoms with Crippen molar-refractivity contribution in [1.29, 1.82) is 0 Å². The molecule has 0 saturated heterocycles. The van der Waals surface area contributed by atoms with Gasteiger partial charge in [-0.2, -0.15) is 5.10 Å². The second-order valence-corrected chi connectivity index (χ2v) is 2.96. The van der Waals surface area contributed by atoms with Gasteiger partial charge in [0.25, 0.3) is 0 Å². The minimum Gasteiger partial charge on any atom is -0.507 e. The van der Waals surface area contributed by atoms with Crippen LogP contribution >= 0.6 is 0 Å². The molecular formula is C8H11BN4O3. The van der Waals surface area contributed by atoms with Gasteiger partial charge in [0.05, 0.1) is 6.21 Å². The van der Waals surface area contributed by atoms with E-state index in [4.69, 9.17) is 21.5 Å². The highest BCUT2D eigenvalue weighted by Crippen LogP contribution is 2.12. The Balaban J connectivity index is 2.99. The summed E-state index contributed by atoms with van der Waals surface area (Å²) in [6.45, 7) is 0. The summed E-state index contributed by atoms with van der Waals surface area (Å²) in [5.41, 5.74) is 10.6. The van der Waals surface area contributed by atoms with Crippen molar-refractivity contribution in [3.8, 4) is 5.75 Å². The third-order valence-corrected chi connectivity index (χ3v) is 1.72. The Hall–Kier alpha value is -2.06. The van der Waals surface area contributed by atoms with Gasteiger partial charge in [-0.25, -0.2) is 0 Å². The third-order valence-electron chi connectivity index (χ3n) is 1.72. The lowest BCUT2D eigenvalue weighted by Gasteiger charge is -2.02. The van der Waals surface area contributed by atoms with Crippen LogP contribution in [0.4, 0.5) is 0 Å². The number of phenolic OH excluding ortho intramolecular Hbond substituents is 1. The maximum atomic E-state index is 9.42. The topological polar surface area (TPSA) is 137 Å². The first-order chi connectivity index (χ1) is 7.50. The van der Waals surface area contributed by atoms with Crippen LogP contribution in [-0.2, 0) is 0 Å². The van der Waals surface area contributed by atoms with Crippen LogP contribution in [0.15, 0.2) is 28.4 Å². The van der Waals surface area contributed by atoms with Crippen LogP contribution in [0.3, 0.4) is 0 Å². The first-order valence-corrected chi connectivity index (χ1v) is 4.31. The van der Waals surface area contributed by atoms with Crippen LogP contribution in [0.2, 0.25) is 0 Å². The molecule has 0 spiro atoms. The van der Waals surface area contributed by atoms with Gasteiger partial charge in [-0.1, -0.05) is 6.07 Å². The molecule has 0 aliphatic carbocycles. The second kappa shape index (κ2) is 5.15. The van der Waals surface area contributed by atoms with E-state index in [9.17, 15) is 5.11 Å².